The Balaban J connectivity index is 1.39. The van der Waals surface area contributed by atoms with E-state index in [0.29, 0.717) is 22.7 Å². The van der Waals surface area contributed by atoms with E-state index in [4.69, 9.17) is 4.74 Å². The molecule has 1 heterocycles. The number of methoxy groups -OCH3 is 1. The van der Waals surface area contributed by atoms with Crippen molar-refractivity contribution in [2.45, 2.75) is 6.42 Å². The van der Waals surface area contributed by atoms with E-state index in [1.807, 2.05) is 0 Å². The second-order valence-electron chi connectivity index (χ2n) is 7.75. The summed E-state index contributed by atoms with van der Waals surface area (Å²) in [4.78, 5) is 39.9. The molecule has 2 aromatic carbocycles. The molecule has 5 rings (SSSR count). The molecule has 29 heavy (non-hydrogen) atoms. The fraction of sp³-hybridized carbons (Fsp3) is 0.261. The Morgan fingerprint density at radius 3 is 2.38 bits per heavy atom. The van der Waals surface area contributed by atoms with Gasteiger partial charge in [0.2, 0.25) is 11.8 Å². The highest BCUT2D eigenvalue weighted by Crippen LogP contribution is 2.53. The van der Waals surface area contributed by atoms with E-state index in [-0.39, 0.29) is 41.4 Å². The van der Waals surface area contributed by atoms with Crippen LogP contribution in [0.4, 0.5) is 11.4 Å². The lowest BCUT2D eigenvalue weighted by atomic mass is 9.85. The van der Waals surface area contributed by atoms with E-state index in [1.54, 1.807) is 55.6 Å². The monoisotopic (exact) mass is 388 g/mol. The number of hydrogen-bond acceptors (Lipinski definition) is 4. The summed E-state index contributed by atoms with van der Waals surface area (Å²) >= 11 is 0. The molecule has 0 aromatic heterocycles. The zero-order valence-corrected chi connectivity index (χ0v) is 15.9. The number of ether oxygens (including phenoxy) is 1. The smallest absolute Gasteiger partial charge is 0.255 e. The number of allylic oxidation sites excluding steroid dienone is 2. The summed E-state index contributed by atoms with van der Waals surface area (Å²) in [6.07, 6.45) is 5.03. The van der Waals surface area contributed by atoms with E-state index in [0.717, 1.165) is 6.42 Å². The lowest BCUT2D eigenvalue weighted by molar-refractivity contribution is -0.123. The first-order valence-corrected chi connectivity index (χ1v) is 9.68. The number of imide groups is 1. The maximum absolute atomic E-state index is 13.0. The van der Waals surface area contributed by atoms with Crippen LogP contribution in [0.3, 0.4) is 0 Å². The van der Waals surface area contributed by atoms with Crippen LogP contribution in [0.5, 0.6) is 5.75 Å². The minimum Gasteiger partial charge on any atom is -0.497 e. The van der Waals surface area contributed by atoms with Gasteiger partial charge in [-0.1, -0.05) is 24.3 Å². The maximum Gasteiger partial charge on any atom is 0.255 e. The van der Waals surface area contributed by atoms with Crippen molar-refractivity contribution < 1.29 is 19.1 Å². The molecule has 3 amide bonds. The first-order chi connectivity index (χ1) is 14.1. The van der Waals surface area contributed by atoms with Gasteiger partial charge in [-0.15, -0.1) is 0 Å². The Kier molecular flexibility index (Phi) is 4.01. The molecule has 0 unspecified atom stereocenters. The molecule has 0 radical (unpaired) electrons. The van der Waals surface area contributed by atoms with Gasteiger partial charge < -0.3 is 10.1 Å². The molecule has 1 saturated carbocycles. The van der Waals surface area contributed by atoms with E-state index in [2.05, 4.69) is 17.5 Å². The molecule has 3 aliphatic rings. The summed E-state index contributed by atoms with van der Waals surface area (Å²) in [6, 6.07) is 13.7. The SMILES string of the molecule is COc1cccc(NC(=O)c2cccc(N3C(=O)[C@@H]4[C@H](C3=O)[C@H]3C=C[C@@H]4C3)c2)c1. The molecule has 2 bridgehead atoms. The van der Waals surface area contributed by atoms with Crippen molar-refractivity contribution in [2.75, 3.05) is 17.3 Å². The zero-order valence-electron chi connectivity index (χ0n) is 15.9. The second kappa shape index (κ2) is 6.58. The van der Waals surface area contributed by atoms with E-state index < -0.39 is 0 Å². The molecule has 2 aromatic rings. The lowest BCUT2D eigenvalue weighted by Crippen LogP contribution is -2.33. The average Bonchev–Trinajstić information content (AvgIpc) is 3.42. The molecule has 0 spiro atoms. The second-order valence-corrected chi connectivity index (χ2v) is 7.75. The third kappa shape index (κ3) is 2.75. The summed E-state index contributed by atoms with van der Waals surface area (Å²) in [7, 11) is 1.56. The summed E-state index contributed by atoms with van der Waals surface area (Å²) in [5, 5.41) is 2.82. The van der Waals surface area contributed by atoms with Crippen LogP contribution in [0.1, 0.15) is 16.8 Å². The van der Waals surface area contributed by atoms with Crippen LogP contribution in [0.15, 0.2) is 60.7 Å². The Morgan fingerprint density at radius 1 is 1.00 bits per heavy atom. The molecule has 2 fully saturated rings. The summed E-state index contributed by atoms with van der Waals surface area (Å²) in [5.74, 6) is -0.180. The van der Waals surface area contributed by atoms with Crippen molar-refractivity contribution in [1.29, 1.82) is 0 Å². The van der Waals surface area contributed by atoms with Gasteiger partial charge in [-0.05, 0) is 48.6 Å². The van der Waals surface area contributed by atoms with Crippen molar-refractivity contribution in [2.24, 2.45) is 23.7 Å². The fourth-order valence-corrected chi connectivity index (χ4v) is 4.85. The summed E-state index contributed by atoms with van der Waals surface area (Å²) < 4.78 is 5.17. The normalized spacial score (nSPS) is 26.7. The van der Waals surface area contributed by atoms with Crippen LogP contribution in [0.2, 0.25) is 0 Å². The Morgan fingerprint density at radius 2 is 1.69 bits per heavy atom. The molecule has 146 valence electrons. The minimum absolute atomic E-state index is 0.151. The first-order valence-electron chi connectivity index (χ1n) is 9.68. The Labute approximate surface area is 168 Å². The van der Waals surface area contributed by atoms with E-state index in [9.17, 15) is 14.4 Å². The van der Waals surface area contributed by atoms with Gasteiger partial charge in [0.15, 0.2) is 0 Å². The predicted octanol–water partition coefficient (Wildman–Crippen LogP) is 3.26. The molecule has 6 nitrogen and oxygen atoms in total. The third-order valence-corrected chi connectivity index (χ3v) is 6.16. The summed E-state index contributed by atoms with van der Waals surface area (Å²) in [5.41, 5.74) is 1.43. The van der Waals surface area contributed by atoms with Crippen molar-refractivity contribution >= 4 is 29.1 Å². The third-order valence-electron chi connectivity index (χ3n) is 6.16. The number of nitrogens with zero attached hydrogens (tertiary/aromatic N) is 1. The summed E-state index contributed by atoms with van der Waals surface area (Å²) in [6.45, 7) is 0. The number of anilines is 2. The number of carbonyl (C=O) groups is 3. The van der Waals surface area contributed by atoms with Gasteiger partial charge in [-0.3, -0.25) is 14.4 Å². The quantitative estimate of drug-likeness (QED) is 0.644. The highest BCUT2D eigenvalue weighted by Gasteiger charge is 2.59. The molecular weight excluding hydrogens is 368 g/mol. The zero-order chi connectivity index (χ0) is 20.1. The van der Waals surface area contributed by atoms with Crippen molar-refractivity contribution in [3.8, 4) is 5.75 Å². The lowest BCUT2D eigenvalue weighted by Gasteiger charge is -2.18. The van der Waals surface area contributed by atoms with E-state index in [1.165, 1.54) is 4.90 Å². The number of benzene rings is 2. The molecule has 2 aliphatic carbocycles. The first kappa shape index (κ1) is 17.7. The van der Waals surface area contributed by atoms with Gasteiger partial charge in [-0.25, -0.2) is 4.90 Å². The fourth-order valence-electron chi connectivity index (χ4n) is 4.85. The topological polar surface area (TPSA) is 75.7 Å². The van der Waals surface area contributed by atoms with Crippen LogP contribution >= 0.6 is 0 Å². The Hall–Kier alpha value is -3.41. The number of amides is 3. The van der Waals surface area contributed by atoms with Gasteiger partial charge >= 0.3 is 0 Å². The highest BCUT2D eigenvalue weighted by molar-refractivity contribution is 6.23. The van der Waals surface area contributed by atoms with Crippen molar-refractivity contribution in [3.05, 3.63) is 66.2 Å². The standard InChI is InChI=1S/C23H20N2O4/c1-29-18-7-3-5-16(12-18)24-21(26)15-4-2-6-17(11-15)25-22(27)19-13-8-9-14(10-13)20(19)23(25)28/h2-9,11-14,19-20H,10H2,1H3,(H,24,26)/t13-,14+,19+,20-. The van der Waals surface area contributed by atoms with Crippen LogP contribution < -0.4 is 15.0 Å². The average molecular weight is 388 g/mol. The van der Waals surface area contributed by atoms with Crippen LogP contribution in [-0.2, 0) is 9.59 Å². The van der Waals surface area contributed by atoms with Gasteiger partial charge in [0.05, 0.1) is 24.6 Å². The van der Waals surface area contributed by atoms with Crippen molar-refractivity contribution in [1.82, 2.24) is 0 Å². The largest absolute Gasteiger partial charge is 0.497 e. The number of fused-ring (bicyclic) bond motifs is 5. The highest BCUT2D eigenvalue weighted by atomic mass is 16.5. The van der Waals surface area contributed by atoms with Gasteiger partial charge in [0, 0.05) is 17.3 Å². The molecular formula is C23H20N2O4. The molecule has 1 saturated heterocycles. The number of rotatable bonds is 4. The predicted molar refractivity (Wildman–Crippen MR) is 108 cm³/mol. The molecule has 1 aliphatic heterocycles. The van der Waals surface area contributed by atoms with Crippen LogP contribution in [0, 0.1) is 23.7 Å². The molecule has 6 heteroatoms. The van der Waals surface area contributed by atoms with Crippen LogP contribution in [-0.4, -0.2) is 24.8 Å². The molecule has 4 atom stereocenters. The van der Waals surface area contributed by atoms with E-state index >= 15 is 0 Å². The number of hydrogen-bond donors (Lipinski definition) is 1. The minimum atomic E-state index is -0.318. The van der Waals surface area contributed by atoms with Crippen LogP contribution in [0.25, 0.3) is 0 Å². The number of nitrogens with one attached hydrogen (secondary N) is 1. The maximum atomic E-state index is 13.0. The molecule has 1 N–H and O–H groups in total. The van der Waals surface area contributed by atoms with Gasteiger partial charge in [0.25, 0.3) is 5.91 Å². The Bertz CT molecular complexity index is 1030. The van der Waals surface area contributed by atoms with Crippen molar-refractivity contribution in [3.63, 3.8) is 0 Å². The van der Waals surface area contributed by atoms with Gasteiger partial charge in [0.1, 0.15) is 5.75 Å². The number of carbonyl (C=O) groups excluding carboxylic acids is 3. The van der Waals surface area contributed by atoms with Gasteiger partial charge in [-0.2, -0.15) is 0 Å².